The van der Waals surface area contributed by atoms with Crippen molar-refractivity contribution < 1.29 is 0 Å². The van der Waals surface area contributed by atoms with Gasteiger partial charge in [0.05, 0.1) is 0 Å². The molecule has 0 aromatic carbocycles. The van der Waals surface area contributed by atoms with Crippen molar-refractivity contribution in [2.75, 3.05) is 0 Å². The van der Waals surface area contributed by atoms with Crippen molar-refractivity contribution >= 4 is 34.1 Å². The van der Waals surface area contributed by atoms with Crippen LogP contribution >= 0.6 is 11.6 Å². The van der Waals surface area contributed by atoms with E-state index in [0.717, 1.165) is 11.0 Å². The van der Waals surface area contributed by atoms with Gasteiger partial charge in [-0.15, -0.1) is 0 Å². The Morgan fingerprint density at radius 1 is 1.55 bits per heavy atom. The first-order chi connectivity index (χ1) is 5.33. The Balaban J connectivity index is 2.80. The standard InChI is InChI=1S/C5H6AsClN4/c6-3-10-2-1-4-8-9-5(7)11(4)10/h1-2H,3,6H2. The van der Waals surface area contributed by atoms with Gasteiger partial charge in [0.2, 0.25) is 0 Å². The number of nitrogens with zero attached hydrogens (tertiary/aromatic N) is 4. The van der Waals surface area contributed by atoms with Gasteiger partial charge in [-0.1, -0.05) is 0 Å². The van der Waals surface area contributed by atoms with Crippen molar-refractivity contribution in [2.45, 2.75) is 5.33 Å². The molecular weight excluding hydrogens is 226 g/mol. The van der Waals surface area contributed by atoms with Crippen LogP contribution in [0.1, 0.15) is 0 Å². The van der Waals surface area contributed by atoms with Crippen LogP contribution in [0.25, 0.3) is 5.65 Å². The molecular formula is C5H6AsClN4. The molecule has 0 aliphatic heterocycles. The fraction of sp³-hybridized carbons (Fsp3) is 0.200. The second kappa shape index (κ2) is 2.54. The van der Waals surface area contributed by atoms with Crippen LogP contribution in [0.5, 0.6) is 0 Å². The van der Waals surface area contributed by atoms with Gasteiger partial charge in [0.25, 0.3) is 0 Å². The predicted octanol–water partition coefficient (Wildman–Crippen LogP) is -0.225. The zero-order chi connectivity index (χ0) is 7.84. The van der Waals surface area contributed by atoms with Crippen molar-refractivity contribution in [3.05, 3.63) is 17.5 Å². The zero-order valence-corrected chi connectivity index (χ0v) is 8.78. The van der Waals surface area contributed by atoms with E-state index in [1.165, 1.54) is 0 Å². The number of rotatable bonds is 1. The third kappa shape index (κ3) is 0.976. The molecule has 2 aromatic heterocycles. The van der Waals surface area contributed by atoms with Gasteiger partial charge in [-0.25, -0.2) is 0 Å². The Kier molecular flexibility index (Phi) is 1.66. The van der Waals surface area contributed by atoms with Gasteiger partial charge in [0, 0.05) is 0 Å². The number of halogens is 1. The van der Waals surface area contributed by atoms with Gasteiger partial charge in [-0.3, -0.25) is 0 Å². The van der Waals surface area contributed by atoms with E-state index in [4.69, 9.17) is 11.6 Å². The van der Waals surface area contributed by atoms with E-state index in [0.29, 0.717) is 5.28 Å². The van der Waals surface area contributed by atoms with E-state index >= 15 is 0 Å². The molecule has 0 fully saturated rings. The van der Waals surface area contributed by atoms with Crippen LogP contribution in [0.4, 0.5) is 0 Å². The normalized spacial score (nSPS) is 11.1. The Morgan fingerprint density at radius 2 is 2.36 bits per heavy atom. The van der Waals surface area contributed by atoms with Crippen molar-refractivity contribution in [1.82, 2.24) is 19.4 Å². The summed E-state index contributed by atoms with van der Waals surface area (Å²) < 4.78 is 3.75. The first-order valence-corrected chi connectivity index (χ1v) is 5.18. The van der Waals surface area contributed by atoms with E-state index in [9.17, 15) is 0 Å². The van der Waals surface area contributed by atoms with Crippen LogP contribution in [0.3, 0.4) is 0 Å². The molecule has 58 valence electrons. The van der Waals surface area contributed by atoms with Gasteiger partial charge >= 0.3 is 76.4 Å². The maximum absolute atomic E-state index is 5.77. The molecule has 0 spiro atoms. The molecule has 0 radical (unpaired) electrons. The maximum atomic E-state index is 5.77. The summed E-state index contributed by atoms with van der Waals surface area (Å²) in [5, 5.41) is 8.93. The molecule has 0 amide bonds. The Hall–Kier alpha value is -0.472. The van der Waals surface area contributed by atoms with E-state index < -0.39 is 0 Å². The molecule has 0 bridgehead atoms. The van der Waals surface area contributed by atoms with Gasteiger partial charge in [-0.2, -0.15) is 0 Å². The summed E-state index contributed by atoms with van der Waals surface area (Å²) in [4.78, 5) is 0. The molecule has 0 aliphatic carbocycles. The molecule has 11 heavy (non-hydrogen) atoms. The van der Waals surface area contributed by atoms with Crippen molar-refractivity contribution in [1.29, 1.82) is 0 Å². The van der Waals surface area contributed by atoms with Gasteiger partial charge in [0.1, 0.15) is 0 Å². The zero-order valence-electron chi connectivity index (χ0n) is 5.61. The topological polar surface area (TPSA) is 35.1 Å². The van der Waals surface area contributed by atoms with Gasteiger partial charge in [-0.05, 0) is 0 Å². The molecule has 0 saturated carbocycles. The molecule has 6 heteroatoms. The fourth-order valence-corrected chi connectivity index (χ4v) is 1.79. The van der Waals surface area contributed by atoms with Crippen LogP contribution < -0.4 is 0 Å². The minimum atomic E-state index is 0.419. The molecule has 0 N–H and O–H groups in total. The summed E-state index contributed by atoms with van der Waals surface area (Å²) in [6.07, 6.45) is 1.94. The second-order valence-corrected chi connectivity index (χ2v) is 3.18. The molecule has 2 rings (SSSR count). The SMILES string of the molecule is Clc1nnc2ccn(C[AsH2])n12. The van der Waals surface area contributed by atoms with Crippen molar-refractivity contribution in [3.63, 3.8) is 0 Å². The Morgan fingerprint density at radius 3 is 3.09 bits per heavy atom. The predicted molar refractivity (Wildman–Crippen MR) is 44.5 cm³/mol. The number of hydrogen-bond acceptors (Lipinski definition) is 2. The molecule has 1 atom stereocenters. The first-order valence-electron chi connectivity index (χ1n) is 3.09. The average molecular weight is 233 g/mol. The second-order valence-electron chi connectivity index (χ2n) is 2.08. The molecule has 0 aliphatic rings. The summed E-state index contributed by atoms with van der Waals surface area (Å²) in [6, 6.07) is 1.89. The van der Waals surface area contributed by atoms with E-state index in [1.54, 1.807) is 21.4 Å². The fourth-order valence-electron chi connectivity index (χ4n) is 0.975. The quantitative estimate of drug-likeness (QED) is 0.637. The Labute approximate surface area is 76.6 Å². The Bertz CT molecular complexity index is 379. The third-order valence-electron chi connectivity index (χ3n) is 1.47. The van der Waals surface area contributed by atoms with Crippen molar-refractivity contribution in [2.24, 2.45) is 0 Å². The van der Waals surface area contributed by atoms with Crippen LogP contribution in [-0.2, 0) is 5.33 Å². The molecule has 0 saturated heterocycles. The summed E-state index contributed by atoms with van der Waals surface area (Å²) in [7, 11) is 0. The van der Waals surface area contributed by atoms with Crippen LogP contribution in [0, 0.1) is 0 Å². The molecule has 2 aromatic rings. The summed E-state index contributed by atoms with van der Waals surface area (Å²) in [5.74, 6) is 0. The summed E-state index contributed by atoms with van der Waals surface area (Å²) in [5.41, 5.74) is 0.799. The van der Waals surface area contributed by atoms with Crippen LogP contribution in [-0.4, -0.2) is 36.2 Å². The van der Waals surface area contributed by atoms with Gasteiger partial charge < -0.3 is 0 Å². The van der Waals surface area contributed by atoms with E-state index in [-0.39, 0.29) is 0 Å². The summed E-state index contributed by atoms with van der Waals surface area (Å²) in [6.45, 7) is 0. The molecule has 2 heterocycles. The number of hydrogen-bond donors (Lipinski definition) is 0. The average Bonchev–Trinajstić information content (AvgIpc) is 2.54. The van der Waals surface area contributed by atoms with E-state index in [1.807, 2.05) is 16.9 Å². The van der Waals surface area contributed by atoms with Crippen LogP contribution in [0.15, 0.2) is 12.3 Å². The summed E-state index contributed by atoms with van der Waals surface area (Å²) >= 11 is 7.39. The number of aromatic nitrogens is 4. The van der Waals surface area contributed by atoms with E-state index in [2.05, 4.69) is 10.2 Å². The molecule has 1 unspecified atom stereocenters. The first kappa shape index (κ1) is 7.19. The third-order valence-corrected chi connectivity index (χ3v) is 2.49. The minimum absolute atomic E-state index is 0.419. The van der Waals surface area contributed by atoms with Crippen LogP contribution in [0.2, 0.25) is 5.28 Å². The van der Waals surface area contributed by atoms with Gasteiger partial charge in [0.15, 0.2) is 0 Å². The monoisotopic (exact) mass is 232 g/mol. The number of fused-ring (bicyclic) bond motifs is 1. The molecule has 4 nitrogen and oxygen atoms in total. The van der Waals surface area contributed by atoms with Crippen molar-refractivity contribution in [3.8, 4) is 0 Å².